The molecule has 0 aliphatic heterocycles. The van der Waals surface area contributed by atoms with Crippen LogP contribution in [0.4, 0.5) is 0 Å². The van der Waals surface area contributed by atoms with Gasteiger partial charge in [0.25, 0.3) is 0 Å². The van der Waals surface area contributed by atoms with Gasteiger partial charge in [-0.3, -0.25) is 10.1 Å². The Balaban J connectivity index is 2.89. The number of nitrogens with zero attached hydrogens (tertiary/aromatic N) is 1. The highest BCUT2D eigenvalue weighted by Crippen LogP contribution is 2.28. The van der Waals surface area contributed by atoms with Gasteiger partial charge >= 0.3 is 0 Å². The molecule has 1 rings (SSSR count). The van der Waals surface area contributed by atoms with Gasteiger partial charge in [-0.15, -0.1) is 0 Å². The van der Waals surface area contributed by atoms with Crippen molar-refractivity contribution >= 4 is 6.08 Å². The highest BCUT2D eigenvalue weighted by atomic mass is 16.6. The summed E-state index contributed by atoms with van der Waals surface area (Å²) in [5, 5.41) is 10.3. The fourth-order valence-corrected chi connectivity index (χ4v) is 1.35. The molecule has 0 atom stereocenters. The number of allylic oxidation sites excluding steroid dienone is 1. The summed E-state index contributed by atoms with van der Waals surface area (Å²) < 4.78 is 10.8. The van der Waals surface area contributed by atoms with Gasteiger partial charge in [0.15, 0.2) is 11.5 Å². The fraction of sp³-hybridized carbons (Fsp3) is 0.286. The van der Waals surface area contributed by atoms with Gasteiger partial charge in [-0.2, -0.15) is 0 Å². The zero-order valence-electron chi connectivity index (χ0n) is 11.3. The molecule has 5 nitrogen and oxygen atoms in total. The predicted molar refractivity (Wildman–Crippen MR) is 73.9 cm³/mol. The highest BCUT2D eigenvalue weighted by Gasteiger charge is 2.04. The summed E-state index contributed by atoms with van der Waals surface area (Å²) in [7, 11) is 1.55. The minimum absolute atomic E-state index is 0.432. The summed E-state index contributed by atoms with van der Waals surface area (Å²) >= 11 is 0. The number of nitro groups is 1. The van der Waals surface area contributed by atoms with E-state index in [-0.39, 0.29) is 0 Å². The van der Waals surface area contributed by atoms with Crippen LogP contribution in [-0.4, -0.2) is 18.6 Å². The predicted octanol–water partition coefficient (Wildman–Crippen LogP) is 3.29. The van der Waals surface area contributed by atoms with E-state index >= 15 is 0 Å². The van der Waals surface area contributed by atoms with Crippen molar-refractivity contribution in [3.63, 3.8) is 0 Å². The zero-order chi connectivity index (χ0) is 14.3. The molecule has 0 bridgehead atoms. The van der Waals surface area contributed by atoms with E-state index in [9.17, 15) is 10.1 Å². The van der Waals surface area contributed by atoms with E-state index in [1.807, 2.05) is 19.9 Å². The van der Waals surface area contributed by atoms with E-state index in [0.717, 1.165) is 11.8 Å². The van der Waals surface area contributed by atoms with Crippen molar-refractivity contribution in [3.8, 4) is 11.5 Å². The molecule has 0 spiro atoms. The molecular formula is C14H17NO4. The molecule has 102 valence electrons. The summed E-state index contributed by atoms with van der Waals surface area (Å²) in [6, 6.07) is 5.15. The Hall–Kier alpha value is -2.30. The lowest BCUT2D eigenvalue weighted by atomic mass is 10.2. The van der Waals surface area contributed by atoms with Crippen LogP contribution in [0.3, 0.4) is 0 Å². The van der Waals surface area contributed by atoms with Crippen molar-refractivity contribution in [2.75, 3.05) is 13.7 Å². The number of hydrogen-bond donors (Lipinski definition) is 0. The third-order valence-electron chi connectivity index (χ3n) is 2.31. The molecule has 0 saturated heterocycles. The molecule has 1 aromatic carbocycles. The molecule has 0 aliphatic carbocycles. The maximum Gasteiger partial charge on any atom is 0.235 e. The van der Waals surface area contributed by atoms with Gasteiger partial charge in [-0.1, -0.05) is 11.6 Å². The normalized spacial score (nSPS) is 10.3. The maximum absolute atomic E-state index is 10.3. The summed E-state index contributed by atoms with van der Waals surface area (Å²) in [5.41, 5.74) is 1.84. The van der Waals surface area contributed by atoms with Crippen molar-refractivity contribution in [2.45, 2.75) is 13.8 Å². The average molecular weight is 263 g/mol. The van der Waals surface area contributed by atoms with Crippen LogP contribution < -0.4 is 9.47 Å². The first-order valence-electron chi connectivity index (χ1n) is 5.79. The number of ether oxygens (including phenoxy) is 2. The van der Waals surface area contributed by atoms with E-state index in [1.54, 1.807) is 25.3 Å². The molecule has 0 fully saturated rings. The molecule has 0 saturated carbocycles. The fourth-order valence-electron chi connectivity index (χ4n) is 1.35. The summed E-state index contributed by atoms with van der Waals surface area (Å²) in [6.07, 6.45) is 4.24. The first kappa shape index (κ1) is 14.8. The van der Waals surface area contributed by atoms with Crippen LogP contribution in [0.25, 0.3) is 6.08 Å². The summed E-state index contributed by atoms with van der Waals surface area (Å²) in [6.45, 7) is 4.40. The van der Waals surface area contributed by atoms with E-state index in [1.165, 1.54) is 6.08 Å². The molecule has 0 aromatic heterocycles. The SMILES string of the molecule is COc1ccc(/C=C/[N+](=O)[O-])cc1OCC=C(C)C. The Kier molecular flexibility index (Phi) is 5.60. The van der Waals surface area contributed by atoms with Crippen LogP contribution in [0.5, 0.6) is 11.5 Å². The molecule has 0 heterocycles. The van der Waals surface area contributed by atoms with Gasteiger partial charge < -0.3 is 9.47 Å². The molecular weight excluding hydrogens is 246 g/mol. The van der Waals surface area contributed by atoms with Gasteiger partial charge in [-0.25, -0.2) is 0 Å². The lowest BCUT2D eigenvalue weighted by Gasteiger charge is -2.10. The lowest BCUT2D eigenvalue weighted by molar-refractivity contribution is -0.400. The number of hydrogen-bond acceptors (Lipinski definition) is 4. The van der Waals surface area contributed by atoms with Crippen molar-refractivity contribution in [3.05, 3.63) is 51.7 Å². The number of benzene rings is 1. The Morgan fingerprint density at radius 2 is 2.11 bits per heavy atom. The number of methoxy groups -OCH3 is 1. The largest absolute Gasteiger partial charge is 0.493 e. The van der Waals surface area contributed by atoms with Gasteiger partial charge in [-0.05, 0) is 37.6 Å². The van der Waals surface area contributed by atoms with Crippen molar-refractivity contribution in [1.82, 2.24) is 0 Å². The standard InChI is InChI=1S/C14H17NO4/c1-11(2)7-9-19-14-10-12(6-8-15(16)17)4-5-13(14)18-3/h4-8,10H,9H2,1-3H3/b8-6+. The molecule has 5 heteroatoms. The molecule has 19 heavy (non-hydrogen) atoms. The van der Waals surface area contributed by atoms with Crippen LogP contribution in [0, 0.1) is 10.1 Å². The summed E-state index contributed by atoms with van der Waals surface area (Å²) in [5.74, 6) is 1.16. The highest BCUT2D eigenvalue weighted by molar-refractivity contribution is 5.55. The quantitative estimate of drug-likeness (QED) is 0.449. The molecule has 0 radical (unpaired) electrons. The lowest BCUT2D eigenvalue weighted by Crippen LogP contribution is -1.97. The molecule has 0 N–H and O–H groups in total. The van der Waals surface area contributed by atoms with Crippen molar-refractivity contribution < 1.29 is 14.4 Å². The van der Waals surface area contributed by atoms with E-state index in [2.05, 4.69) is 0 Å². The maximum atomic E-state index is 10.3. The topological polar surface area (TPSA) is 61.6 Å². The second kappa shape index (κ2) is 7.20. The third-order valence-corrected chi connectivity index (χ3v) is 2.31. The van der Waals surface area contributed by atoms with E-state index < -0.39 is 4.92 Å². The van der Waals surface area contributed by atoms with Crippen LogP contribution in [0.15, 0.2) is 36.0 Å². The van der Waals surface area contributed by atoms with Crippen LogP contribution in [0.2, 0.25) is 0 Å². The van der Waals surface area contributed by atoms with Crippen LogP contribution in [0.1, 0.15) is 19.4 Å². The van der Waals surface area contributed by atoms with E-state index in [4.69, 9.17) is 9.47 Å². The summed E-state index contributed by atoms with van der Waals surface area (Å²) in [4.78, 5) is 9.78. The van der Waals surface area contributed by atoms with Crippen LogP contribution >= 0.6 is 0 Å². The smallest absolute Gasteiger partial charge is 0.235 e. The van der Waals surface area contributed by atoms with Gasteiger partial charge in [0, 0.05) is 6.08 Å². The van der Waals surface area contributed by atoms with Gasteiger partial charge in [0.1, 0.15) is 6.61 Å². The monoisotopic (exact) mass is 263 g/mol. The Morgan fingerprint density at radius 3 is 2.68 bits per heavy atom. The minimum Gasteiger partial charge on any atom is -0.493 e. The minimum atomic E-state index is -0.506. The van der Waals surface area contributed by atoms with Gasteiger partial charge in [0.2, 0.25) is 6.20 Å². The Bertz CT molecular complexity index is 502. The first-order chi connectivity index (χ1) is 9.02. The molecule has 0 amide bonds. The Morgan fingerprint density at radius 1 is 1.37 bits per heavy atom. The molecule has 1 aromatic rings. The van der Waals surface area contributed by atoms with Crippen molar-refractivity contribution in [1.29, 1.82) is 0 Å². The second-order valence-electron chi connectivity index (χ2n) is 4.10. The average Bonchev–Trinajstić information content (AvgIpc) is 2.36. The van der Waals surface area contributed by atoms with Gasteiger partial charge in [0.05, 0.1) is 12.0 Å². The first-order valence-corrected chi connectivity index (χ1v) is 5.79. The third kappa shape index (κ3) is 5.25. The van der Waals surface area contributed by atoms with E-state index in [0.29, 0.717) is 23.7 Å². The second-order valence-corrected chi connectivity index (χ2v) is 4.10. The molecule has 0 unspecified atom stereocenters. The molecule has 0 aliphatic rings. The van der Waals surface area contributed by atoms with Crippen molar-refractivity contribution in [2.24, 2.45) is 0 Å². The Labute approximate surface area is 112 Å². The van der Waals surface area contributed by atoms with Crippen LogP contribution in [-0.2, 0) is 0 Å². The number of rotatable bonds is 6. The zero-order valence-corrected chi connectivity index (χ0v) is 11.3.